The van der Waals surface area contributed by atoms with Crippen LogP contribution in [0.1, 0.15) is 26.7 Å². The quantitative estimate of drug-likeness (QED) is 0.729. The number of hydrogen-bond donors (Lipinski definition) is 1. The Hall–Kier alpha value is -0.800. The Labute approximate surface area is 84.6 Å². The van der Waals surface area contributed by atoms with E-state index in [1.807, 2.05) is 13.0 Å². The molecule has 14 heavy (non-hydrogen) atoms. The fourth-order valence-corrected chi connectivity index (χ4v) is 2.05. The van der Waals surface area contributed by atoms with E-state index in [-0.39, 0.29) is 11.6 Å². The second-order valence-corrected chi connectivity index (χ2v) is 4.35. The van der Waals surface area contributed by atoms with Crippen molar-refractivity contribution in [3.05, 3.63) is 23.5 Å². The lowest BCUT2D eigenvalue weighted by Gasteiger charge is -2.27. The minimum atomic E-state index is -0.237. The van der Waals surface area contributed by atoms with Gasteiger partial charge < -0.3 is 15.2 Å². The molecule has 2 unspecified atom stereocenters. The highest BCUT2D eigenvalue weighted by atomic mass is 16.7. The van der Waals surface area contributed by atoms with Crippen LogP contribution in [-0.2, 0) is 9.47 Å². The molecule has 0 amide bonds. The number of hydrogen-bond acceptors (Lipinski definition) is 3. The van der Waals surface area contributed by atoms with Gasteiger partial charge in [-0.15, -0.1) is 0 Å². The molecule has 1 heterocycles. The Bertz CT molecular complexity index is 294. The van der Waals surface area contributed by atoms with Crippen molar-refractivity contribution in [2.24, 2.45) is 5.73 Å². The van der Waals surface area contributed by atoms with Gasteiger partial charge in [0.05, 0.1) is 0 Å². The highest BCUT2D eigenvalue weighted by molar-refractivity contribution is 5.30. The molecular formula is C11H17NO2. The molecule has 1 fully saturated rings. The molecule has 1 aliphatic heterocycles. The molecule has 1 saturated heterocycles. The van der Waals surface area contributed by atoms with E-state index in [1.54, 1.807) is 0 Å². The standard InChI is InChI=1S/C11H17NO2/c1-8(12)5-9-3-4-10-11(2,6-9)14-7-13-10/h3-4,8H,5-7,12H2,1-2H3. The Morgan fingerprint density at radius 3 is 3.07 bits per heavy atom. The van der Waals surface area contributed by atoms with Crippen LogP contribution in [0, 0.1) is 0 Å². The van der Waals surface area contributed by atoms with Crippen LogP contribution in [0.4, 0.5) is 0 Å². The monoisotopic (exact) mass is 195 g/mol. The first-order chi connectivity index (χ1) is 6.60. The van der Waals surface area contributed by atoms with Gasteiger partial charge in [0.1, 0.15) is 11.4 Å². The lowest BCUT2D eigenvalue weighted by Crippen LogP contribution is -2.29. The van der Waals surface area contributed by atoms with Crippen LogP contribution in [0.3, 0.4) is 0 Å². The lowest BCUT2D eigenvalue weighted by atomic mass is 9.87. The molecule has 3 nitrogen and oxygen atoms in total. The van der Waals surface area contributed by atoms with E-state index in [0.717, 1.165) is 18.6 Å². The van der Waals surface area contributed by atoms with Crippen molar-refractivity contribution >= 4 is 0 Å². The highest BCUT2D eigenvalue weighted by Crippen LogP contribution is 2.38. The average molecular weight is 195 g/mol. The van der Waals surface area contributed by atoms with Gasteiger partial charge in [0.15, 0.2) is 6.79 Å². The Kier molecular flexibility index (Phi) is 2.37. The number of allylic oxidation sites excluding steroid dienone is 2. The van der Waals surface area contributed by atoms with Gasteiger partial charge in [-0.05, 0) is 26.3 Å². The maximum absolute atomic E-state index is 5.77. The minimum Gasteiger partial charge on any atom is -0.469 e. The van der Waals surface area contributed by atoms with Gasteiger partial charge in [0.2, 0.25) is 0 Å². The van der Waals surface area contributed by atoms with Crippen LogP contribution >= 0.6 is 0 Å². The van der Waals surface area contributed by atoms with Crippen LogP contribution in [-0.4, -0.2) is 18.4 Å². The molecule has 2 atom stereocenters. The summed E-state index contributed by atoms with van der Waals surface area (Å²) in [7, 11) is 0. The summed E-state index contributed by atoms with van der Waals surface area (Å²) in [6, 6.07) is 0.210. The number of ether oxygens (including phenoxy) is 2. The van der Waals surface area contributed by atoms with E-state index >= 15 is 0 Å². The summed E-state index contributed by atoms with van der Waals surface area (Å²) < 4.78 is 11.0. The molecule has 78 valence electrons. The smallest absolute Gasteiger partial charge is 0.189 e. The molecule has 0 spiro atoms. The molecule has 2 rings (SSSR count). The maximum Gasteiger partial charge on any atom is 0.189 e. The Balaban J connectivity index is 2.12. The van der Waals surface area contributed by atoms with Gasteiger partial charge in [-0.1, -0.05) is 11.6 Å². The Morgan fingerprint density at radius 2 is 2.36 bits per heavy atom. The van der Waals surface area contributed by atoms with E-state index in [1.165, 1.54) is 5.57 Å². The molecule has 0 aromatic heterocycles. The van der Waals surface area contributed by atoms with Crippen molar-refractivity contribution < 1.29 is 9.47 Å². The van der Waals surface area contributed by atoms with Crippen molar-refractivity contribution in [1.29, 1.82) is 0 Å². The lowest BCUT2D eigenvalue weighted by molar-refractivity contribution is 0.00228. The third-order valence-electron chi connectivity index (χ3n) is 2.73. The molecule has 2 N–H and O–H groups in total. The van der Waals surface area contributed by atoms with Gasteiger partial charge >= 0.3 is 0 Å². The topological polar surface area (TPSA) is 44.5 Å². The zero-order valence-electron chi connectivity index (χ0n) is 8.75. The van der Waals surface area contributed by atoms with Gasteiger partial charge in [-0.3, -0.25) is 0 Å². The first kappa shape index (κ1) is 9.74. The number of rotatable bonds is 2. The minimum absolute atomic E-state index is 0.210. The molecule has 0 aromatic carbocycles. The molecule has 2 aliphatic rings. The van der Waals surface area contributed by atoms with Crippen LogP contribution in [0.5, 0.6) is 0 Å². The molecule has 0 radical (unpaired) electrons. The summed E-state index contributed by atoms with van der Waals surface area (Å²) in [6.45, 7) is 4.47. The van der Waals surface area contributed by atoms with Gasteiger partial charge in [0, 0.05) is 12.5 Å². The first-order valence-electron chi connectivity index (χ1n) is 5.03. The van der Waals surface area contributed by atoms with Crippen LogP contribution in [0.25, 0.3) is 0 Å². The second kappa shape index (κ2) is 3.41. The summed E-state index contributed by atoms with van der Waals surface area (Å²) in [5.74, 6) is 0.950. The van der Waals surface area contributed by atoms with Crippen molar-refractivity contribution in [1.82, 2.24) is 0 Å². The van der Waals surface area contributed by atoms with Crippen LogP contribution in [0.15, 0.2) is 23.5 Å². The largest absolute Gasteiger partial charge is 0.469 e. The van der Waals surface area contributed by atoms with Gasteiger partial charge in [-0.2, -0.15) is 0 Å². The third-order valence-corrected chi connectivity index (χ3v) is 2.73. The molecule has 0 bridgehead atoms. The predicted octanol–water partition coefficient (Wildman–Crippen LogP) is 1.70. The molecule has 0 saturated carbocycles. The summed E-state index contributed by atoms with van der Waals surface area (Å²) in [4.78, 5) is 0. The molecular weight excluding hydrogens is 178 g/mol. The van der Waals surface area contributed by atoms with Crippen molar-refractivity contribution in [3.63, 3.8) is 0 Å². The zero-order chi connectivity index (χ0) is 10.2. The predicted molar refractivity (Wildman–Crippen MR) is 54.5 cm³/mol. The van der Waals surface area contributed by atoms with E-state index in [2.05, 4.69) is 13.0 Å². The van der Waals surface area contributed by atoms with Crippen LogP contribution in [0.2, 0.25) is 0 Å². The highest BCUT2D eigenvalue weighted by Gasteiger charge is 2.39. The van der Waals surface area contributed by atoms with Crippen molar-refractivity contribution in [2.45, 2.75) is 38.3 Å². The first-order valence-corrected chi connectivity index (χ1v) is 5.03. The number of fused-ring (bicyclic) bond motifs is 1. The molecule has 0 aromatic rings. The summed E-state index contributed by atoms with van der Waals surface area (Å²) in [5, 5.41) is 0. The molecule has 1 aliphatic carbocycles. The van der Waals surface area contributed by atoms with Gasteiger partial charge in [-0.25, -0.2) is 0 Å². The van der Waals surface area contributed by atoms with Crippen molar-refractivity contribution in [3.8, 4) is 0 Å². The number of nitrogens with two attached hydrogens (primary N) is 1. The summed E-state index contributed by atoms with van der Waals surface area (Å²) >= 11 is 0. The van der Waals surface area contributed by atoms with E-state index < -0.39 is 0 Å². The average Bonchev–Trinajstić information content (AvgIpc) is 2.43. The SMILES string of the molecule is CC(N)CC1=CC=C2OCOC2(C)C1. The Morgan fingerprint density at radius 1 is 1.57 bits per heavy atom. The molecule has 3 heteroatoms. The third kappa shape index (κ3) is 1.70. The van der Waals surface area contributed by atoms with E-state index in [9.17, 15) is 0 Å². The summed E-state index contributed by atoms with van der Waals surface area (Å²) in [6.07, 6.45) is 5.95. The summed E-state index contributed by atoms with van der Waals surface area (Å²) in [5.41, 5.74) is 6.88. The fourth-order valence-electron chi connectivity index (χ4n) is 2.05. The van der Waals surface area contributed by atoms with E-state index in [0.29, 0.717) is 6.79 Å². The zero-order valence-corrected chi connectivity index (χ0v) is 8.75. The van der Waals surface area contributed by atoms with E-state index in [4.69, 9.17) is 15.2 Å². The fraction of sp³-hybridized carbons (Fsp3) is 0.636. The van der Waals surface area contributed by atoms with Crippen molar-refractivity contribution in [2.75, 3.05) is 6.79 Å². The second-order valence-electron chi connectivity index (χ2n) is 4.35. The van der Waals surface area contributed by atoms with Crippen LogP contribution < -0.4 is 5.73 Å². The maximum atomic E-state index is 5.77. The normalized spacial score (nSPS) is 32.8. The van der Waals surface area contributed by atoms with Gasteiger partial charge in [0.25, 0.3) is 0 Å².